The van der Waals surface area contributed by atoms with Crippen molar-refractivity contribution in [1.29, 1.82) is 0 Å². The van der Waals surface area contributed by atoms with E-state index in [0.717, 1.165) is 11.1 Å². The number of carbonyl (C=O) groups is 1. The van der Waals surface area contributed by atoms with Crippen LogP contribution in [0.4, 0.5) is 0 Å². The second kappa shape index (κ2) is 7.68. The third kappa shape index (κ3) is 4.29. The standard InChI is InChI=1S/C18H24N2O4S/c1-15-4-6-16(7-5-15)8-14-25(22,23)20-9-2-3-17(20)18(21)19-10-12-24-13-11-19/h4-8,14,17H,2-3,9-13H2,1H3/b14-8+. The number of ether oxygens (including phenoxy) is 1. The molecule has 0 aliphatic carbocycles. The van der Waals surface area contributed by atoms with Crippen LogP contribution in [0.3, 0.4) is 0 Å². The molecule has 0 aromatic heterocycles. The molecular formula is C18H24N2O4S. The van der Waals surface area contributed by atoms with E-state index in [0.29, 0.717) is 45.7 Å². The SMILES string of the molecule is Cc1ccc(/C=C/S(=O)(=O)N2CCCC2C(=O)N2CCOCC2)cc1. The molecule has 1 aromatic rings. The molecule has 2 saturated heterocycles. The Bertz CT molecular complexity index is 737. The molecule has 0 radical (unpaired) electrons. The lowest BCUT2D eigenvalue weighted by Crippen LogP contribution is -2.50. The van der Waals surface area contributed by atoms with Crippen molar-refractivity contribution in [1.82, 2.24) is 9.21 Å². The van der Waals surface area contributed by atoms with E-state index in [1.54, 1.807) is 11.0 Å². The molecule has 2 heterocycles. The van der Waals surface area contributed by atoms with Crippen molar-refractivity contribution in [2.45, 2.75) is 25.8 Å². The highest BCUT2D eigenvalue weighted by molar-refractivity contribution is 7.92. The highest BCUT2D eigenvalue weighted by Gasteiger charge is 2.39. The quantitative estimate of drug-likeness (QED) is 0.814. The Balaban J connectivity index is 1.73. The zero-order valence-electron chi connectivity index (χ0n) is 14.4. The normalized spacial score (nSPS) is 22.6. The summed E-state index contributed by atoms with van der Waals surface area (Å²) in [4.78, 5) is 14.4. The lowest BCUT2D eigenvalue weighted by atomic mass is 10.2. The van der Waals surface area contributed by atoms with Crippen LogP contribution in [0.5, 0.6) is 0 Å². The van der Waals surface area contributed by atoms with Crippen LogP contribution in [-0.4, -0.2) is 62.4 Å². The summed E-state index contributed by atoms with van der Waals surface area (Å²) in [5.74, 6) is -0.104. The first-order valence-electron chi connectivity index (χ1n) is 8.60. The van der Waals surface area contributed by atoms with Gasteiger partial charge in [0.25, 0.3) is 0 Å². The molecule has 3 rings (SSSR count). The summed E-state index contributed by atoms with van der Waals surface area (Å²) in [7, 11) is -3.63. The molecule has 6 nitrogen and oxygen atoms in total. The predicted octanol–water partition coefficient (Wildman–Crippen LogP) is 1.62. The van der Waals surface area contributed by atoms with Crippen molar-refractivity contribution < 1.29 is 17.9 Å². The third-order valence-electron chi connectivity index (χ3n) is 4.65. The fourth-order valence-corrected chi connectivity index (χ4v) is 4.63. The van der Waals surface area contributed by atoms with Gasteiger partial charge in [0, 0.05) is 25.0 Å². The lowest BCUT2D eigenvalue weighted by Gasteiger charge is -2.31. The van der Waals surface area contributed by atoms with Gasteiger partial charge in [-0.25, -0.2) is 8.42 Å². The topological polar surface area (TPSA) is 66.9 Å². The summed E-state index contributed by atoms with van der Waals surface area (Å²) in [6.45, 7) is 4.46. The van der Waals surface area contributed by atoms with Crippen LogP contribution in [0.1, 0.15) is 24.0 Å². The van der Waals surface area contributed by atoms with E-state index in [1.165, 1.54) is 9.71 Å². The number of benzene rings is 1. The summed E-state index contributed by atoms with van der Waals surface area (Å²) in [5, 5.41) is 1.21. The highest BCUT2D eigenvalue weighted by atomic mass is 32.2. The van der Waals surface area contributed by atoms with E-state index in [9.17, 15) is 13.2 Å². The van der Waals surface area contributed by atoms with Crippen LogP contribution in [-0.2, 0) is 19.6 Å². The van der Waals surface area contributed by atoms with Crippen molar-refractivity contribution in [2.24, 2.45) is 0 Å². The number of carbonyl (C=O) groups excluding carboxylic acids is 1. The van der Waals surface area contributed by atoms with Gasteiger partial charge in [0.1, 0.15) is 6.04 Å². The summed E-state index contributed by atoms with van der Waals surface area (Å²) >= 11 is 0. The molecule has 1 aromatic carbocycles. The van der Waals surface area contributed by atoms with Crippen LogP contribution in [0, 0.1) is 6.92 Å². The first-order chi connectivity index (χ1) is 12.0. The first kappa shape index (κ1) is 18.1. The molecule has 0 N–H and O–H groups in total. The number of nitrogens with zero attached hydrogens (tertiary/aromatic N) is 2. The number of hydrogen-bond donors (Lipinski definition) is 0. The Morgan fingerprint density at radius 3 is 2.52 bits per heavy atom. The van der Waals surface area contributed by atoms with Gasteiger partial charge < -0.3 is 9.64 Å². The maximum Gasteiger partial charge on any atom is 0.241 e. The van der Waals surface area contributed by atoms with Crippen molar-refractivity contribution in [3.8, 4) is 0 Å². The van der Waals surface area contributed by atoms with Gasteiger partial charge in [0.2, 0.25) is 15.9 Å². The average molecular weight is 364 g/mol. The smallest absolute Gasteiger partial charge is 0.241 e. The number of hydrogen-bond acceptors (Lipinski definition) is 4. The molecule has 0 saturated carbocycles. The Morgan fingerprint density at radius 2 is 1.84 bits per heavy atom. The molecule has 2 aliphatic rings. The van der Waals surface area contributed by atoms with Crippen LogP contribution in [0.25, 0.3) is 6.08 Å². The molecule has 7 heteroatoms. The second-order valence-electron chi connectivity index (χ2n) is 6.46. The van der Waals surface area contributed by atoms with Gasteiger partial charge in [-0.2, -0.15) is 4.31 Å². The van der Waals surface area contributed by atoms with Gasteiger partial charge in [-0.3, -0.25) is 4.79 Å². The average Bonchev–Trinajstić information content (AvgIpc) is 3.12. The van der Waals surface area contributed by atoms with Crippen molar-refractivity contribution in [3.63, 3.8) is 0 Å². The van der Waals surface area contributed by atoms with Crippen molar-refractivity contribution >= 4 is 22.0 Å². The summed E-state index contributed by atoms with van der Waals surface area (Å²) in [6.07, 6.45) is 2.87. The fraction of sp³-hybridized carbons (Fsp3) is 0.500. The minimum atomic E-state index is -3.63. The van der Waals surface area contributed by atoms with Crippen molar-refractivity contribution in [2.75, 3.05) is 32.8 Å². The monoisotopic (exact) mass is 364 g/mol. The van der Waals surface area contributed by atoms with Gasteiger partial charge >= 0.3 is 0 Å². The summed E-state index contributed by atoms with van der Waals surface area (Å²) in [5.41, 5.74) is 1.94. The molecule has 25 heavy (non-hydrogen) atoms. The third-order valence-corrected chi connectivity index (χ3v) is 6.22. The zero-order valence-corrected chi connectivity index (χ0v) is 15.2. The largest absolute Gasteiger partial charge is 0.378 e. The molecule has 136 valence electrons. The minimum absolute atomic E-state index is 0.104. The number of amides is 1. The van der Waals surface area contributed by atoms with Crippen LogP contribution < -0.4 is 0 Å². The Hall–Kier alpha value is -1.70. The van der Waals surface area contributed by atoms with E-state index in [4.69, 9.17) is 4.74 Å². The maximum absolute atomic E-state index is 12.7. The Morgan fingerprint density at radius 1 is 1.16 bits per heavy atom. The van der Waals surface area contributed by atoms with Gasteiger partial charge in [-0.05, 0) is 31.4 Å². The van der Waals surface area contributed by atoms with Crippen molar-refractivity contribution in [3.05, 3.63) is 40.8 Å². The molecular weight excluding hydrogens is 340 g/mol. The molecule has 2 aliphatic heterocycles. The lowest BCUT2D eigenvalue weighted by molar-refractivity contribution is -0.138. The van der Waals surface area contributed by atoms with E-state index in [2.05, 4.69) is 0 Å². The van der Waals surface area contributed by atoms with Crippen LogP contribution in [0.15, 0.2) is 29.7 Å². The molecule has 1 atom stereocenters. The molecule has 0 spiro atoms. The number of morpholine rings is 1. The Labute approximate surface area is 149 Å². The van der Waals surface area contributed by atoms with Gasteiger partial charge in [0.15, 0.2) is 0 Å². The second-order valence-corrected chi connectivity index (χ2v) is 8.24. The fourth-order valence-electron chi connectivity index (χ4n) is 3.21. The minimum Gasteiger partial charge on any atom is -0.378 e. The first-order valence-corrected chi connectivity index (χ1v) is 10.1. The van der Waals surface area contributed by atoms with E-state index in [1.807, 2.05) is 31.2 Å². The van der Waals surface area contributed by atoms with Gasteiger partial charge in [-0.1, -0.05) is 29.8 Å². The molecule has 2 fully saturated rings. The zero-order chi connectivity index (χ0) is 17.9. The maximum atomic E-state index is 12.7. The highest BCUT2D eigenvalue weighted by Crippen LogP contribution is 2.24. The molecule has 0 bridgehead atoms. The molecule has 1 unspecified atom stereocenters. The van der Waals surface area contributed by atoms with Crippen LogP contribution >= 0.6 is 0 Å². The van der Waals surface area contributed by atoms with E-state index in [-0.39, 0.29) is 5.91 Å². The van der Waals surface area contributed by atoms with E-state index >= 15 is 0 Å². The van der Waals surface area contributed by atoms with Gasteiger partial charge in [0.05, 0.1) is 13.2 Å². The Kier molecular flexibility index (Phi) is 5.56. The van der Waals surface area contributed by atoms with E-state index < -0.39 is 16.1 Å². The number of sulfonamides is 1. The number of aryl methyl sites for hydroxylation is 1. The molecule has 1 amide bonds. The van der Waals surface area contributed by atoms with Crippen LogP contribution in [0.2, 0.25) is 0 Å². The number of rotatable bonds is 4. The summed E-state index contributed by atoms with van der Waals surface area (Å²) in [6, 6.07) is 7.04. The summed E-state index contributed by atoms with van der Waals surface area (Å²) < 4.78 is 32.0. The van der Waals surface area contributed by atoms with Gasteiger partial charge in [-0.15, -0.1) is 0 Å². The predicted molar refractivity (Wildman–Crippen MR) is 96.3 cm³/mol.